The van der Waals surface area contributed by atoms with Gasteiger partial charge in [-0.2, -0.15) is 0 Å². The van der Waals surface area contributed by atoms with Gasteiger partial charge in [-0.05, 0) is 58.6 Å². The summed E-state index contributed by atoms with van der Waals surface area (Å²) in [7, 11) is 0. The first kappa shape index (κ1) is 13.8. The average Bonchev–Trinajstić information content (AvgIpc) is 2.81. The lowest BCUT2D eigenvalue weighted by Crippen LogP contribution is -2.32. The second-order valence-corrected chi connectivity index (χ2v) is 7.83. The Kier molecular flexibility index (Phi) is 3.21. The molecule has 0 saturated carbocycles. The molecule has 0 radical (unpaired) electrons. The maximum absolute atomic E-state index is 13.5. The van der Waals surface area contributed by atoms with Gasteiger partial charge >= 0.3 is 5.97 Å². The number of carboxylic acid groups (broad SMARTS) is 1. The van der Waals surface area contributed by atoms with Crippen LogP contribution < -0.4 is 0 Å². The summed E-state index contributed by atoms with van der Waals surface area (Å²) < 4.78 is 14.5. The fourth-order valence-electron chi connectivity index (χ4n) is 3.00. The third-order valence-electron chi connectivity index (χ3n) is 3.96. The van der Waals surface area contributed by atoms with Crippen LogP contribution >= 0.6 is 27.3 Å². The first-order valence-electron chi connectivity index (χ1n) is 6.19. The van der Waals surface area contributed by atoms with E-state index >= 15 is 0 Å². The van der Waals surface area contributed by atoms with Gasteiger partial charge in [0.05, 0.1) is 9.20 Å². The van der Waals surface area contributed by atoms with Crippen molar-refractivity contribution >= 4 is 33.2 Å². The number of halogens is 2. The van der Waals surface area contributed by atoms with Gasteiger partial charge in [-0.25, -0.2) is 4.39 Å². The molecule has 0 spiro atoms. The van der Waals surface area contributed by atoms with E-state index in [9.17, 15) is 14.3 Å². The molecule has 1 aliphatic carbocycles. The molecular formula is C15H12BrFO2S. The van der Waals surface area contributed by atoms with Crippen molar-refractivity contribution < 1.29 is 14.3 Å². The Hall–Kier alpha value is -1.20. The molecular weight excluding hydrogens is 343 g/mol. The number of carboxylic acids is 1. The largest absolute Gasteiger partial charge is 0.481 e. The zero-order valence-electron chi connectivity index (χ0n) is 10.7. The summed E-state index contributed by atoms with van der Waals surface area (Å²) in [6.45, 7) is 1.74. The molecule has 0 aliphatic heterocycles. The SMILES string of the molecule is CC1(C(=O)O)Cc2sc(Br)cc2C1c1cccc(F)c1. The Bertz CT molecular complexity index is 697. The van der Waals surface area contributed by atoms with Gasteiger partial charge in [-0.3, -0.25) is 4.79 Å². The number of hydrogen-bond donors (Lipinski definition) is 1. The van der Waals surface area contributed by atoms with Gasteiger partial charge in [0.1, 0.15) is 5.82 Å². The molecule has 5 heteroatoms. The molecule has 1 N–H and O–H groups in total. The summed E-state index contributed by atoms with van der Waals surface area (Å²) in [5.74, 6) is -1.49. The number of aliphatic carboxylic acids is 1. The topological polar surface area (TPSA) is 37.3 Å². The number of fused-ring (bicyclic) bond motifs is 1. The highest BCUT2D eigenvalue weighted by atomic mass is 79.9. The van der Waals surface area contributed by atoms with E-state index < -0.39 is 11.4 Å². The quantitative estimate of drug-likeness (QED) is 0.866. The van der Waals surface area contributed by atoms with Gasteiger partial charge in [-0.15, -0.1) is 11.3 Å². The zero-order chi connectivity index (χ0) is 14.5. The predicted molar refractivity (Wildman–Crippen MR) is 79.7 cm³/mol. The lowest BCUT2D eigenvalue weighted by Gasteiger charge is -2.28. The Morgan fingerprint density at radius 2 is 2.25 bits per heavy atom. The maximum Gasteiger partial charge on any atom is 0.310 e. The van der Waals surface area contributed by atoms with Crippen molar-refractivity contribution in [1.82, 2.24) is 0 Å². The van der Waals surface area contributed by atoms with E-state index in [4.69, 9.17) is 0 Å². The molecule has 2 atom stereocenters. The average molecular weight is 355 g/mol. The van der Waals surface area contributed by atoms with Crippen molar-refractivity contribution in [3.8, 4) is 0 Å². The second-order valence-electron chi connectivity index (χ2n) is 5.32. The highest BCUT2D eigenvalue weighted by Crippen LogP contribution is 2.54. The Labute approximate surface area is 128 Å². The van der Waals surface area contributed by atoms with Crippen molar-refractivity contribution in [3.05, 3.63) is 55.9 Å². The molecule has 0 amide bonds. The third-order valence-corrected chi connectivity index (χ3v) is 5.61. The minimum atomic E-state index is -0.921. The van der Waals surface area contributed by atoms with Crippen LogP contribution in [-0.4, -0.2) is 11.1 Å². The number of thiophene rings is 1. The van der Waals surface area contributed by atoms with Crippen LogP contribution in [0, 0.1) is 11.2 Å². The second kappa shape index (κ2) is 4.67. The monoisotopic (exact) mass is 354 g/mol. The number of carbonyl (C=O) groups is 1. The van der Waals surface area contributed by atoms with E-state index in [1.165, 1.54) is 12.1 Å². The highest BCUT2D eigenvalue weighted by molar-refractivity contribution is 9.11. The van der Waals surface area contributed by atoms with Crippen LogP contribution in [0.1, 0.15) is 28.8 Å². The lowest BCUT2D eigenvalue weighted by molar-refractivity contribution is -0.148. The highest BCUT2D eigenvalue weighted by Gasteiger charge is 2.50. The molecule has 0 saturated heterocycles. The summed E-state index contributed by atoms with van der Waals surface area (Å²) in [6.07, 6.45) is 0.481. The van der Waals surface area contributed by atoms with Crippen molar-refractivity contribution in [2.75, 3.05) is 0 Å². The van der Waals surface area contributed by atoms with Crippen LogP contribution in [0.25, 0.3) is 0 Å². The maximum atomic E-state index is 13.5. The van der Waals surface area contributed by atoms with Gasteiger partial charge in [0, 0.05) is 10.8 Å². The van der Waals surface area contributed by atoms with E-state index in [-0.39, 0.29) is 11.7 Å². The van der Waals surface area contributed by atoms with Crippen LogP contribution in [-0.2, 0) is 11.2 Å². The summed E-state index contributed by atoms with van der Waals surface area (Å²) in [5.41, 5.74) is 0.798. The third kappa shape index (κ3) is 2.00. The van der Waals surface area contributed by atoms with Gasteiger partial charge in [0.2, 0.25) is 0 Å². The first-order chi connectivity index (χ1) is 9.41. The van der Waals surface area contributed by atoms with Gasteiger partial charge in [0.25, 0.3) is 0 Å². The molecule has 20 heavy (non-hydrogen) atoms. The van der Waals surface area contributed by atoms with Crippen molar-refractivity contribution in [1.29, 1.82) is 0 Å². The lowest BCUT2D eigenvalue weighted by atomic mass is 9.74. The molecule has 3 rings (SSSR count). The fraction of sp³-hybridized carbons (Fsp3) is 0.267. The minimum Gasteiger partial charge on any atom is -0.481 e. The van der Waals surface area contributed by atoms with Crippen LogP contribution in [0.2, 0.25) is 0 Å². The zero-order valence-corrected chi connectivity index (χ0v) is 13.1. The molecule has 1 aliphatic rings. The van der Waals surface area contributed by atoms with E-state index in [1.807, 2.05) is 6.07 Å². The molecule has 2 unspecified atom stereocenters. The van der Waals surface area contributed by atoms with E-state index in [2.05, 4.69) is 15.9 Å². The molecule has 1 aromatic carbocycles. The van der Waals surface area contributed by atoms with Crippen LogP contribution in [0.15, 0.2) is 34.1 Å². The Morgan fingerprint density at radius 3 is 2.90 bits per heavy atom. The molecule has 0 fully saturated rings. The summed E-state index contributed by atoms with van der Waals surface area (Å²) in [6, 6.07) is 8.21. The van der Waals surface area contributed by atoms with Crippen LogP contribution in [0.4, 0.5) is 4.39 Å². The summed E-state index contributed by atoms with van der Waals surface area (Å²) in [5, 5.41) is 9.63. The number of hydrogen-bond acceptors (Lipinski definition) is 2. The van der Waals surface area contributed by atoms with E-state index in [1.54, 1.807) is 30.4 Å². The smallest absolute Gasteiger partial charge is 0.310 e. The molecule has 2 aromatic rings. The van der Waals surface area contributed by atoms with E-state index in [0.717, 1.165) is 19.8 Å². The van der Waals surface area contributed by atoms with Crippen molar-refractivity contribution in [3.63, 3.8) is 0 Å². The minimum absolute atomic E-state index is 0.312. The van der Waals surface area contributed by atoms with Gasteiger partial charge in [0.15, 0.2) is 0 Å². The summed E-state index contributed by atoms with van der Waals surface area (Å²) in [4.78, 5) is 12.8. The number of benzene rings is 1. The molecule has 1 heterocycles. The van der Waals surface area contributed by atoms with Crippen LogP contribution in [0.5, 0.6) is 0 Å². The normalized spacial score (nSPS) is 24.6. The predicted octanol–water partition coefficient (Wildman–Crippen LogP) is 4.43. The Morgan fingerprint density at radius 1 is 1.50 bits per heavy atom. The molecule has 1 aromatic heterocycles. The van der Waals surface area contributed by atoms with Crippen molar-refractivity contribution in [2.24, 2.45) is 5.41 Å². The van der Waals surface area contributed by atoms with Gasteiger partial charge in [-0.1, -0.05) is 12.1 Å². The van der Waals surface area contributed by atoms with Crippen molar-refractivity contribution in [2.45, 2.75) is 19.3 Å². The van der Waals surface area contributed by atoms with Crippen LogP contribution in [0.3, 0.4) is 0 Å². The fourth-order valence-corrected chi connectivity index (χ4v) is 4.92. The first-order valence-corrected chi connectivity index (χ1v) is 7.80. The molecule has 2 nitrogen and oxygen atoms in total. The standard InChI is InChI=1S/C15H12BrFO2S/c1-15(14(18)19)7-11-10(6-12(16)20-11)13(15)8-3-2-4-9(17)5-8/h2-6,13H,7H2,1H3,(H,18,19). The molecule has 0 bridgehead atoms. The summed E-state index contributed by atoms with van der Waals surface area (Å²) >= 11 is 5.00. The molecule has 104 valence electrons. The van der Waals surface area contributed by atoms with E-state index in [0.29, 0.717) is 6.42 Å². The van der Waals surface area contributed by atoms with Gasteiger partial charge < -0.3 is 5.11 Å². The number of rotatable bonds is 2. The Balaban J connectivity index is 2.19.